The van der Waals surface area contributed by atoms with Crippen LogP contribution in [0.1, 0.15) is 6.92 Å². The van der Waals surface area contributed by atoms with Gasteiger partial charge in [-0.25, -0.2) is 0 Å². The summed E-state index contributed by atoms with van der Waals surface area (Å²) in [6.45, 7) is 1.84. The van der Waals surface area contributed by atoms with Crippen molar-refractivity contribution >= 4 is 47.4 Å². The van der Waals surface area contributed by atoms with E-state index >= 15 is 0 Å². The van der Waals surface area contributed by atoms with Gasteiger partial charge in [0.15, 0.2) is 0 Å². The predicted octanol–water partition coefficient (Wildman–Crippen LogP) is 3.61. The molecule has 19 heavy (non-hydrogen) atoms. The van der Waals surface area contributed by atoms with Gasteiger partial charge in [-0.15, -0.1) is 12.4 Å². The van der Waals surface area contributed by atoms with Crippen LogP contribution >= 0.6 is 35.8 Å². The molecule has 0 aromatic heterocycles. The molecule has 1 rings (SSSR count). The van der Waals surface area contributed by atoms with Crippen molar-refractivity contribution in [3.8, 4) is 0 Å². The summed E-state index contributed by atoms with van der Waals surface area (Å²) in [6.07, 6.45) is 0. The fourth-order valence-electron chi connectivity index (χ4n) is 1.18. The van der Waals surface area contributed by atoms with Crippen molar-refractivity contribution in [2.24, 2.45) is 11.7 Å². The number of alkyl halides is 2. The van der Waals surface area contributed by atoms with Gasteiger partial charge in [0.2, 0.25) is 5.91 Å². The van der Waals surface area contributed by atoms with Gasteiger partial charge in [0.25, 0.3) is 5.76 Å². The van der Waals surface area contributed by atoms with Gasteiger partial charge in [-0.05, 0) is 12.1 Å². The Bertz CT molecular complexity index is 435. The third-order valence-electron chi connectivity index (χ3n) is 2.23. The fourth-order valence-corrected chi connectivity index (χ4v) is 2.09. The Labute approximate surface area is 125 Å². The highest BCUT2D eigenvalue weighted by Gasteiger charge is 2.17. The molecule has 0 radical (unpaired) electrons. The summed E-state index contributed by atoms with van der Waals surface area (Å²) in [7, 11) is 0. The molecule has 108 valence electrons. The number of anilines is 1. The Balaban J connectivity index is 0.00000324. The summed E-state index contributed by atoms with van der Waals surface area (Å²) in [5.74, 6) is -3.32. The second-order valence-electron chi connectivity index (χ2n) is 3.62. The van der Waals surface area contributed by atoms with Crippen molar-refractivity contribution in [2.45, 2.75) is 17.6 Å². The first-order valence-electron chi connectivity index (χ1n) is 5.20. The summed E-state index contributed by atoms with van der Waals surface area (Å²) in [5, 5.41) is 2.73. The number of nitrogens with two attached hydrogens (primary N) is 1. The van der Waals surface area contributed by atoms with Crippen LogP contribution in [-0.2, 0) is 4.79 Å². The van der Waals surface area contributed by atoms with Gasteiger partial charge in [0.1, 0.15) is 0 Å². The lowest BCUT2D eigenvalue weighted by molar-refractivity contribution is -0.119. The molecule has 1 unspecified atom stereocenters. The average Bonchev–Trinajstić information content (AvgIpc) is 2.32. The first-order valence-corrected chi connectivity index (χ1v) is 6.45. The largest absolute Gasteiger partial charge is 0.330 e. The number of benzene rings is 1. The van der Waals surface area contributed by atoms with E-state index < -0.39 is 11.7 Å². The number of carbonyl (C=O) groups excluding carboxylic acids is 1. The quantitative estimate of drug-likeness (QED) is 0.811. The van der Waals surface area contributed by atoms with Crippen LogP contribution in [-0.4, -0.2) is 18.2 Å². The molecule has 8 heteroatoms. The van der Waals surface area contributed by atoms with Gasteiger partial charge in [-0.3, -0.25) is 4.79 Å². The first kappa shape index (κ1) is 18.4. The summed E-state index contributed by atoms with van der Waals surface area (Å²) in [5.41, 5.74) is 5.64. The molecule has 3 N–H and O–H groups in total. The van der Waals surface area contributed by atoms with Crippen LogP contribution in [0.15, 0.2) is 23.1 Å². The molecular weight excluding hydrogens is 317 g/mol. The van der Waals surface area contributed by atoms with E-state index in [9.17, 15) is 13.6 Å². The van der Waals surface area contributed by atoms with E-state index in [1.807, 2.05) is 0 Å². The zero-order valence-electron chi connectivity index (χ0n) is 10.0. The van der Waals surface area contributed by atoms with Crippen LogP contribution in [0, 0.1) is 5.92 Å². The van der Waals surface area contributed by atoms with E-state index in [1.165, 1.54) is 12.1 Å². The van der Waals surface area contributed by atoms with Crippen molar-refractivity contribution in [1.82, 2.24) is 0 Å². The van der Waals surface area contributed by atoms with Crippen molar-refractivity contribution < 1.29 is 13.6 Å². The third kappa shape index (κ3) is 5.52. The Kier molecular flexibility index (Phi) is 8.33. The van der Waals surface area contributed by atoms with E-state index in [0.717, 1.165) is 0 Å². The summed E-state index contributed by atoms with van der Waals surface area (Å²) in [4.78, 5) is 11.8. The molecule has 1 atom stereocenters. The van der Waals surface area contributed by atoms with Crippen molar-refractivity contribution in [2.75, 3.05) is 11.9 Å². The fraction of sp³-hybridized carbons (Fsp3) is 0.364. The number of hydrogen-bond donors (Lipinski definition) is 2. The van der Waals surface area contributed by atoms with Crippen molar-refractivity contribution in [1.29, 1.82) is 0 Å². The summed E-state index contributed by atoms with van der Waals surface area (Å²) < 4.78 is 24.8. The zero-order chi connectivity index (χ0) is 13.7. The number of hydrogen-bond acceptors (Lipinski definition) is 3. The molecule has 0 aliphatic rings. The van der Waals surface area contributed by atoms with Crippen LogP contribution in [0.4, 0.5) is 14.5 Å². The number of rotatable bonds is 5. The topological polar surface area (TPSA) is 55.1 Å². The maximum Gasteiger partial charge on any atom is 0.289 e. The minimum Gasteiger partial charge on any atom is -0.330 e. The van der Waals surface area contributed by atoms with Crippen molar-refractivity contribution in [3.05, 3.63) is 23.2 Å². The average molecular weight is 331 g/mol. The Hall–Kier alpha value is -0.560. The molecule has 1 amide bonds. The van der Waals surface area contributed by atoms with E-state index in [4.69, 9.17) is 17.3 Å². The van der Waals surface area contributed by atoms with Crippen LogP contribution in [0.25, 0.3) is 0 Å². The monoisotopic (exact) mass is 330 g/mol. The number of halogens is 4. The Morgan fingerprint density at radius 2 is 2.16 bits per heavy atom. The van der Waals surface area contributed by atoms with Gasteiger partial charge in [0.05, 0.1) is 15.6 Å². The first-order chi connectivity index (χ1) is 8.45. The number of nitrogens with one attached hydrogen (secondary N) is 1. The number of carbonyl (C=O) groups is 1. The third-order valence-corrected chi connectivity index (χ3v) is 3.51. The predicted molar refractivity (Wildman–Crippen MR) is 77.4 cm³/mol. The van der Waals surface area contributed by atoms with Crippen LogP contribution in [0.3, 0.4) is 0 Å². The molecule has 0 spiro atoms. The smallest absolute Gasteiger partial charge is 0.289 e. The van der Waals surface area contributed by atoms with Crippen LogP contribution < -0.4 is 11.1 Å². The second kappa shape index (κ2) is 8.58. The normalized spacial score (nSPS) is 11.9. The molecular formula is C11H14Cl2F2N2OS. The molecule has 0 aliphatic heterocycles. The molecule has 0 bridgehead atoms. The van der Waals surface area contributed by atoms with E-state index in [-0.39, 0.29) is 40.5 Å². The van der Waals surface area contributed by atoms with E-state index in [1.54, 1.807) is 13.0 Å². The van der Waals surface area contributed by atoms with Crippen LogP contribution in [0.5, 0.6) is 0 Å². The minimum absolute atomic E-state index is 0. The molecule has 0 heterocycles. The lowest BCUT2D eigenvalue weighted by Crippen LogP contribution is -2.26. The van der Waals surface area contributed by atoms with Gasteiger partial charge < -0.3 is 11.1 Å². The molecule has 0 saturated heterocycles. The van der Waals surface area contributed by atoms with Crippen molar-refractivity contribution in [3.63, 3.8) is 0 Å². The summed E-state index contributed by atoms with van der Waals surface area (Å²) >= 11 is 6.14. The standard InChI is InChI=1S/C11H13ClF2N2OS.ClH/c1-6(5-15)10(17)16-8-4-2-3-7(12)9(8)18-11(13)14;/h2-4,6,11H,5,15H2,1H3,(H,16,17);1H. The molecule has 1 aromatic rings. The maximum absolute atomic E-state index is 12.4. The Morgan fingerprint density at radius 1 is 1.53 bits per heavy atom. The van der Waals surface area contributed by atoms with Gasteiger partial charge in [0, 0.05) is 12.5 Å². The Morgan fingerprint density at radius 3 is 2.68 bits per heavy atom. The number of thioether (sulfide) groups is 1. The molecule has 0 fully saturated rings. The molecule has 3 nitrogen and oxygen atoms in total. The van der Waals surface area contributed by atoms with Gasteiger partial charge in [-0.1, -0.05) is 36.4 Å². The highest BCUT2D eigenvalue weighted by atomic mass is 35.5. The highest BCUT2D eigenvalue weighted by molar-refractivity contribution is 7.99. The lowest BCUT2D eigenvalue weighted by atomic mass is 10.1. The van der Waals surface area contributed by atoms with Gasteiger partial charge >= 0.3 is 0 Å². The highest BCUT2D eigenvalue weighted by Crippen LogP contribution is 2.37. The van der Waals surface area contributed by atoms with Gasteiger partial charge in [-0.2, -0.15) is 8.78 Å². The molecule has 1 aromatic carbocycles. The SMILES string of the molecule is CC(CN)C(=O)Nc1cccc(Cl)c1SC(F)F.Cl. The molecule has 0 saturated carbocycles. The number of amides is 1. The molecule has 0 aliphatic carbocycles. The summed E-state index contributed by atoms with van der Waals surface area (Å²) in [6, 6.07) is 4.60. The lowest BCUT2D eigenvalue weighted by Gasteiger charge is -2.14. The second-order valence-corrected chi connectivity index (χ2v) is 5.03. The minimum atomic E-state index is -2.60. The van der Waals surface area contributed by atoms with E-state index in [2.05, 4.69) is 5.32 Å². The van der Waals surface area contributed by atoms with E-state index in [0.29, 0.717) is 11.8 Å². The maximum atomic E-state index is 12.4. The van der Waals surface area contributed by atoms with Crippen LogP contribution in [0.2, 0.25) is 5.02 Å². The zero-order valence-corrected chi connectivity index (χ0v) is 12.4.